The predicted octanol–water partition coefficient (Wildman–Crippen LogP) is 5.87. The number of carboxylic acid groups (broad SMARTS) is 1. The SMILES string of the molecule is CC1(Cc2ccc(Br)cc2)Cc2cc(C(=O)N(CC(=O)O)Cc3cccc(Br)c3)ccc2O1. The summed E-state index contributed by atoms with van der Waals surface area (Å²) in [6.45, 7) is 1.90. The number of hydrogen-bond donors (Lipinski definition) is 1. The van der Waals surface area contributed by atoms with E-state index in [4.69, 9.17) is 4.74 Å². The predicted molar refractivity (Wildman–Crippen MR) is 134 cm³/mol. The molecule has 0 fully saturated rings. The van der Waals surface area contributed by atoms with Crippen molar-refractivity contribution in [1.29, 1.82) is 0 Å². The summed E-state index contributed by atoms with van der Waals surface area (Å²) in [5.41, 5.74) is 3.03. The summed E-state index contributed by atoms with van der Waals surface area (Å²) in [5, 5.41) is 9.37. The third-order valence-corrected chi connectivity index (χ3v) is 6.62. The van der Waals surface area contributed by atoms with Gasteiger partial charge in [0.25, 0.3) is 5.91 Å². The summed E-state index contributed by atoms with van der Waals surface area (Å²) in [5.74, 6) is -0.602. The number of fused-ring (bicyclic) bond motifs is 1. The van der Waals surface area contributed by atoms with E-state index in [1.54, 1.807) is 6.07 Å². The Morgan fingerprint density at radius 1 is 1.00 bits per heavy atom. The number of halogens is 2. The van der Waals surface area contributed by atoms with Crippen molar-refractivity contribution in [3.8, 4) is 5.75 Å². The molecule has 0 saturated carbocycles. The first kappa shape index (κ1) is 23.5. The third-order valence-electron chi connectivity index (χ3n) is 5.60. The van der Waals surface area contributed by atoms with Gasteiger partial charge in [-0.05, 0) is 66.1 Å². The Hall–Kier alpha value is -2.64. The molecule has 4 rings (SSSR count). The maximum Gasteiger partial charge on any atom is 0.323 e. The lowest BCUT2D eigenvalue weighted by Crippen LogP contribution is -2.35. The standard InChI is InChI=1S/C26H23Br2NO4/c1-26(13-17-5-8-21(27)9-6-17)14-20-12-19(7-10-23(20)33-26)25(32)29(16-24(30)31)15-18-3-2-4-22(28)11-18/h2-12H,13-16H2,1H3,(H,30,31). The minimum absolute atomic E-state index is 0.208. The van der Waals surface area contributed by atoms with Gasteiger partial charge in [-0.2, -0.15) is 0 Å². The molecule has 1 heterocycles. The summed E-state index contributed by atoms with van der Waals surface area (Å²) < 4.78 is 8.17. The maximum absolute atomic E-state index is 13.3. The summed E-state index contributed by atoms with van der Waals surface area (Å²) in [6, 6.07) is 21.0. The van der Waals surface area contributed by atoms with Crippen molar-refractivity contribution in [3.05, 3.63) is 97.9 Å². The summed E-state index contributed by atoms with van der Waals surface area (Å²) in [7, 11) is 0. The molecule has 0 aliphatic carbocycles. The Morgan fingerprint density at radius 2 is 1.76 bits per heavy atom. The van der Waals surface area contributed by atoms with Gasteiger partial charge in [0.1, 0.15) is 17.9 Å². The molecule has 33 heavy (non-hydrogen) atoms. The van der Waals surface area contributed by atoms with Crippen LogP contribution in [0, 0.1) is 0 Å². The molecule has 0 spiro atoms. The quantitative estimate of drug-likeness (QED) is 0.384. The van der Waals surface area contributed by atoms with Gasteiger partial charge in [0.15, 0.2) is 0 Å². The highest BCUT2D eigenvalue weighted by atomic mass is 79.9. The van der Waals surface area contributed by atoms with Gasteiger partial charge in [0.05, 0.1) is 0 Å². The van der Waals surface area contributed by atoms with Crippen molar-refractivity contribution >= 4 is 43.7 Å². The second kappa shape index (κ2) is 9.69. The van der Waals surface area contributed by atoms with Crippen LogP contribution in [0.25, 0.3) is 0 Å². The van der Waals surface area contributed by atoms with Crippen molar-refractivity contribution in [1.82, 2.24) is 4.90 Å². The van der Waals surface area contributed by atoms with Crippen LogP contribution in [0.4, 0.5) is 0 Å². The third kappa shape index (κ3) is 5.84. The average molecular weight is 573 g/mol. The number of rotatable bonds is 7. The zero-order valence-electron chi connectivity index (χ0n) is 18.1. The molecule has 3 aromatic rings. The zero-order valence-corrected chi connectivity index (χ0v) is 21.2. The number of hydrogen-bond acceptors (Lipinski definition) is 3. The fraction of sp³-hybridized carbons (Fsp3) is 0.231. The van der Waals surface area contributed by atoms with Crippen molar-refractivity contribution in [2.75, 3.05) is 6.54 Å². The second-order valence-corrected chi connectivity index (χ2v) is 10.4. The number of nitrogens with zero attached hydrogens (tertiary/aromatic N) is 1. The van der Waals surface area contributed by atoms with Crippen LogP contribution in [0.2, 0.25) is 0 Å². The van der Waals surface area contributed by atoms with E-state index in [9.17, 15) is 14.7 Å². The van der Waals surface area contributed by atoms with Gasteiger partial charge < -0.3 is 14.7 Å². The van der Waals surface area contributed by atoms with Gasteiger partial charge in [0, 0.05) is 33.9 Å². The van der Waals surface area contributed by atoms with E-state index < -0.39 is 11.6 Å². The van der Waals surface area contributed by atoms with Crippen LogP contribution in [0.1, 0.15) is 34.0 Å². The molecule has 0 aromatic heterocycles. The molecule has 0 bridgehead atoms. The van der Waals surface area contributed by atoms with Gasteiger partial charge in [-0.15, -0.1) is 0 Å². The highest BCUT2D eigenvalue weighted by Crippen LogP contribution is 2.38. The number of aliphatic carboxylic acids is 1. The van der Waals surface area contributed by atoms with Gasteiger partial charge in [-0.25, -0.2) is 0 Å². The molecule has 7 heteroatoms. The van der Waals surface area contributed by atoms with Gasteiger partial charge >= 0.3 is 5.97 Å². The second-order valence-electron chi connectivity index (χ2n) is 8.54. The molecule has 0 saturated heterocycles. The number of amides is 1. The molecule has 1 atom stereocenters. The smallest absolute Gasteiger partial charge is 0.323 e. The Labute approximate surface area is 209 Å². The monoisotopic (exact) mass is 571 g/mol. The fourth-order valence-corrected chi connectivity index (χ4v) is 4.90. The minimum Gasteiger partial charge on any atom is -0.487 e. The average Bonchev–Trinajstić information content (AvgIpc) is 3.09. The van der Waals surface area contributed by atoms with E-state index >= 15 is 0 Å². The van der Waals surface area contributed by atoms with Crippen molar-refractivity contribution in [3.63, 3.8) is 0 Å². The Bertz CT molecular complexity index is 1200. The topological polar surface area (TPSA) is 66.8 Å². The lowest BCUT2D eigenvalue weighted by atomic mass is 9.91. The van der Waals surface area contributed by atoms with Crippen LogP contribution < -0.4 is 4.74 Å². The Morgan fingerprint density at radius 3 is 2.45 bits per heavy atom. The van der Waals surface area contributed by atoms with Crippen molar-refractivity contribution < 1.29 is 19.4 Å². The summed E-state index contributed by atoms with van der Waals surface area (Å²) in [4.78, 5) is 26.1. The Balaban J connectivity index is 1.53. The highest BCUT2D eigenvalue weighted by Gasteiger charge is 2.35. The number of carbonyl (C=O) groups excluding carboxylic acids is 1. The first-order chi connectivity index (χ1) is 15.7. The molecule has 1 aliphatic heterocycles. The molecular weight excluding hydrogens is 550 g/mol. The number of ether oxygens (including phenoxy) is 1. The zero-order chi connectivity index (χ0) is 23.6. The lowest BCUT2D eigenvalue weighted by molar-refractivity contribution is -0.137. The normalized spacial score (nSPS) is 16.7. The number of carbonyl (C=O) groups is 2. The van der Waals surface area contributed by atoms with Gasteiger partial charge in [-0.1, -0.05) is 56.1 Å². The number of benzene rings is 3. The largest absolute Gasteiger partial charge is 0.487 e. The molecule has 1 aliphatic rings. The summed E-state index contributed by atoms with van der Waals surface area (Å²) >= 11 is 6.88. The van der Waals surface area contributed by atoms with Crippen LogP contribution in [0.15, 0.2) is 75.7 Å². The van der Waals surface area contributed by atoms with Gasteiger partial charge in [-0.3, -0.25) is 9.59 Å². The maximum atomic E-state index is 13.3. The first-order valence-corrected chi connectivity index (χ1v) is 12.1. The minimum atomic E-state index is -1.05. The molecule has 1 N–H and O–H groups in total. The Kier molecular flexibility index (Phi) is 6.91. The highest BCUT2D eigenvalue weighted by molar-refractivity contribution is 9.10. The van der Waals surface area contributed by atoms with E-state index in [-0.39, 0.29) is 19.0 Å². The van der Waals surface area contributed by atoms with Crippen molar-refractivity contribution in [2.45, 2.75) is 31.9 Å². The van der Waals surface area contributed by atoms with Crippen LogP contribution in [0.3, 0.4) is 0 Å². The molecule has 3 aromatic carbocycles. The summed E-state index contributed by atoms with van der Waals surface area (Å²) in [6.07, 6.45) is 1.41. The van der Waals surface area contributed by atoms with Crippen LogP contribution in [0.5, 0.6) is 5.75 Å². The molecule has 5 nitrogen and oxygen atoms in total. The fourth-order valence-electron chi connectivity index (χ4n) is 4.19. The van der Waals surface area contributed by atoms with Crippen LogP contribution in [-0.4, -0.2) is 34.0 Å². The molecular formula is C26H23Br2NO4. The van der Waals surface area contributed by atoms with E-state index in [0.717, 1.165) is 32.2 Å². The molecule has 170 valence electrons. The van der Waals surface area contributed by atoms with E-state index in [0.29, 0.717) is 12.0 Å². The van der Waals surface area contributed by atoms with Crippen LogP contribution >= 0.6 is 31.9 Å². The van der Waals surface area contributed by atoms with Gasteiger partial charge in [0.2, 0.25) is 0 Å². The van der Waals surface area contributed by atoms with Crippen LogP contribution in [-0.2, 0) is 24.2 Å². The molecule has 0 radical (unpaired) electrons. The van der Waals surface area contributed by atoms with E-state index in [1.165, 1.54) is 10.5 Å². The molecule has 1 unspecified atom stereocenters. The van der Waals surface area contributed by atoms with E-state index in [2.05, 4.69) is 50.9 Å². The first-order valence-electron chi connectivity index (χ1n) is 10.5. The van der Waals surface area contributed by atoms with E-state index in [1.807, 2.05) is 48.5 Å². The van der Waals surface area contributed by atoms with Crippen molar-refractivity contribution in [2.24, 2.45) is 0 Å². The molecule has 1 amide bonds. The number of carboxylic acids is 1. The lowest BCUT2D eigenvalue weighted by Gasteiger charge is -2.24.